The molecule has 0 spiro atoms. The average Bonchev–Trinajstić information content (AvgIpc) is 3.40. The molecule has 0 fully saturated rings. The van der Waals surface area contributed by atoms with Gasteiger partial charge in [-0.2, -0.15) is 5.10 Å². The molecule has 0 bridgehead atoms. The minimum Gasteiger partial charge on any atom is -0.459 e. The minimum atomic E-state index is -0.432. The van der Waals surface area contributed by atoms with Crippen molar-refractivity contribution in [1.29, 1.82) is 0 Å². The summed E-state index contributed by atoms with van der Waals surface area (Å²) in [6, 6.07) is 10.5. The third kappa shape index (κ3) is 4.02. The number of nitrogens with zero attached hydrogens (tertiary/aromatic N) is 1. The van der Waals surface area contributed by atoms with Crippen LogP contribution in [-0.2, 0) is 13.0 Å². The van der Waals surface area contributed by atoms with Crippen molar-refractivity contribution < 1.29 is 18.4 Å². The SMILES string of the molecule is Cc1c(C(=O)NCc2ccccc2Cl)oc2c1/C(=N/NC(=O)c1ccco1)CCC2. The number of hydrazone groups is 1. The van der Waals surface area contributed by atoms with Gasteiger partial charge in [0.05, 0.1) is 12.0 Å². The van der Waals surface area contributed by atoms with Crippen molar-refractivity contribution in [2.24, 2.45) is 5.10 Å². The lowest BCUT2D eigenvalue weighted by molar-refractivity contribution is 0.0916. The second-order valence-electron chi connectivity index (χ2n) is 6.96. The van der Waals surface area contributed by atoms with E-state index in [-0.39, 0.29) is 17.4 Å². The predicted octanol–water partition coefficient (Wildman–Crippen LogP) is 4.23. The van der Waals surface area contributed by atoms with Gasteiger partial charge in [0.15, 0.2) is 11.5 Å². The fourth-order valence-electron chi connectivity index (χ4n) is 3.48. The molecule has 2 amide bonds. The van der Waals surface area contributed by atoms with E-state index in [4.69, 9.17) is 20.4 Å². The van der Waals surface area contributed by atoms with Gasteiger partial charge in [-0.05, 0) is 43.5 Å². The first-order chi connectivity index (χ1) is 14.5. The zero-order chi connectivity index (χ0) is 21.1. The van der Waals surface area contributed by atoms with Crippen LogP contribution in [0.1, 0.15) is 56.4 Å². The Morgan fingerprint density at radius 2 is 1.97 bits per heavy atom. The summed E-state index contributed by atoms with van der Waals surface area (Å²) < 4.78 is 10.9. The molecule has 0 atom stereocenters. The molecular weight excluding hydrogens is 406 g/mol. The Labute approximate surface area is 178 Å². The molecule has 3 aromatic rings. The van der Waals surface area contributed by atoms with Crippen LogP contribution < -0.4 is 10.7 Å². The number of nitrogens with one attached hydrogen (secondary N) is 2. The zero-order valence-corrected chi connectivity index (χ0v) is 17.1. The monoisotopic (exact) mass is 425 g/mol. The van der Waals surface area contributed by atoms with Crippen molar-refractivity contribution >= 4 is 29.1 Å². The predicted molar refractivity (Wildman–Crippen MR) is 112 cm³/mol. The molecule has 7 nitrogen and oxygen atoms in total. The van der Waals surface area contributed by atoms with Crippen molar-refractivity contribution in [3.05, 3.63) is 81.7 Å². The summed E-state index contributed by atoms with van der Waals surface area (Å²) in [5, 5.41) is 7.71. The van der Waals surface area contributed by atoms with Gasteiger partial charge in [-0.1, -0.05) is 29.8 Å². The molecule has 1 aliphatic carbocycles. The zero-order valence-electron chi connectivity index (χ0n) is 16.3. The molecule has 8 heteroatoms. The first-order valence-corrected chi connectivity index (χ1v) is 9.97. The Morgan fingerprint density at radius 3 is 2.73 bits per heavy atom. The molecular formula is C22H20ClN3O4. The van der Waals surface area contributed by atoms with Gasteiger partial charge in [0.25, 0.3) is 5.91 Å². The van der Waals surface area contributed by atoms with Gasteiger partial charge >= 0.3 is 5.91 Å². The molecule has 4 rings (SSSR count). The molecule has 0 saturated heterocycles. The Bertz CT molecular complexity index is 1120. The maximum atomic E-state index is 12.7. The number of carbonyl (C=O) groups excluding carboxylic acids is 2. The van der Waals surface area contributed by atoms with E-state index in [0.717, 1.165) is 17.5 Å². The van der Waals surface area contributed by atoms with Crippen LogP contribution in [0.2, 0.25) is 5.02 Å². The van der Waals surface area contributed by atoms with Crippen molar-refractivity contribution in [2.45, 2.75) is 32.7 Å². The fourth-order valence-corrected chi connectivity index (χ4v) is 3.68. The summed E-state index contributed by atoms with van der Waals surface area (Å²) in [4.78, 5) is 24.8. The fraction of sp³-hybridized carbons (Fsp3) is 0.227. The maximum Gasteiger partial charge on any atom is 0.307 e. The molecule has 154 valence electrons. The van der Waals surface area contributed by atoms with E-state index in [0.29, 0.717) is 41.4 Å². The van der Waals surface area contributed by atoms with E-state index >= 15 is 0 Å². The van der Waals surface area contributed by atoms with Crippen LogP contribution in [0.3, 0.4) is 0 Å². The lowest BCUT2D eigenvalue weighted by Gasteiger charge is -2.13. The summed E-state index contributed by atoms with van der Waals surface area (Å²) in [7, 11) is 0. The number of hydrogen-bond acceptors (Lipinski definition) is 5. The van der Waals surface area contributed by atoms with Crippen LogP contribution in [0.15, 0.2) is 56.6 Å². The second-order valence-corrected chi connectivity index (χ2v) is 7.37. The van der Waals surface area contributed by atoms with Crippen molar-refractivity contribution in [2.75, 3.05) is 0 Å². The first kappa shape index (κ1) is 20.0. The Balaban J connectivity index is 1.52. The summed E-state index contributed by atoms with van der Waals surface area (Å²) in [5.74, 6) is 0.380. The first-order valence-electron chi connectivity index (χ1n) is 9.59. The summed E-state index contributed by atoms with van der Waals surface area (Å²) in [5.41, 5.74) is 5.50. The van der Waals surface area contributed by atoms with Crippen LogP contribution in [0.25, 0.3) is 0 Å². The van der Waals surface area contributed by atoms with E-state index in [1.54, 1.807) is 18.2 Å². The topological polar surface area (TPSA) is 96.8 Å². The molecule has 30 heavy (non-hydrogen) atoms. The van der Waals surface area contributed by atoms with Crippen LogP contribution in [0, 0.1) is 6.92 Å². The number of carbonyl (C=O) groups is 2. The summed E-state index contributed by atoms with van der Waals surface area (Å²) >= 11 is 6.15. The van der Waals surface area contributed by atoms with Gasteiger partial charge in [-0.15, -0.1) is 0 Å². The molecule has 2 N–H and O–H groups in total. The number of aryl methyl sites for hydroxylation is 1. The highest BCUT2D eigenvalue weighted by molar-refractivity contribution is 6.31. The van der Waals surface area contributed by atoms with Gasteiger partial charge in [0, 0.05) is 29.1 Å². The lowest BCUT2D eigenvalue weighted by Crippen LogP contribution is -2.23. The Morgan fingerprint density at radius 1 is 1.13 bits per heavy atom. The van der Waals surface area contributed by atoms with Crippen LogP contribution in [0.5, 0.6) is 0 Å². The number of halogens is 1. The number of fused-ring (bicyclic) bond motifs is 1. The number of hydrogen-bond donors (Lipinski definition) is 2. The van der Waals surface area contributed by atoms with E-state index in [9.17, 15) is 9.59 Å². The standard InChI is InChI=1S/C22H20ClN3O4/c1-13-19-16(25-26-21(27)18-10-5-11-29-18)8-4-9-17(19)30-20(13)22(28)24-12-14-6-2-3-7-15(14)23/h2-3,5-7,10-11H,4,8-9,12H2,1H3,(H,24,28)(H,26,27)/b25-16+. The van der Waals surface area contributed by atoms with E-state index in [2.05, 4.69) is 15.8 Å². The summed E-state index contributed by atoms with van der Waals surface area (Å²) in [6.45, 7) is 2.12. The quantitative estimate of drug-likeness (QED) is 0.597. The highest BCUT2D eigenvalue weighted by atomic mass is 35.5. The van der Waals surface area contributed by atoms with Crippen molar-refractivity contribution in [3.8, 4) is 0 Å². The van der Waals surface area contributed by atoms with Gasteiger partial charge in [0.2, 0.25) is 0 Å². The van der Waals surface area contributed by atoms with Gasteiger partial charge in [-0.25, -0.2) is 5.43 Å². The van der Waals surface area contributed by atoms with Crippen LogP contribution in [0.4, 0.5) is 0 Å². The molecule has 0 unspecified atom stereocenters. The van der Waals surface area contributed by atoms with Crippen LogP contribution in [-0.4, -0.2) is 17.5 Å². The van der Waals surface area contributed by atoms with Crippen molar-refractivity contribution in [1.82, 2.24) is 10.7 Å². The number of furan rings is 2. The van der Waals surface area contributed by atoms with E-state index in [1.807, 2.05) is 25.1 Å². The molecule has 2 aromatic heterocycles. The van der Waals surface area contributed by atoms with Gasteiger partial charge in [0.1, 0.15) is 5.76 Å². The van der Waals surface area contributed by atoms with E-state index < -0.39 is 5.91 Å². The van der Waals surface area contributed by atoms with Crippen molar-refractivity contribution in [3.63, 3.8) is 0 Å². The molecule has 0 saturated carbocycles. The smallest absolute Gasteiger partial charge is 0.307 e. The third-order valence-corrected chi connectivity index (χ3v) is 5.34. The number of rotatable bonds is 5. The highest BCUT2D eigenvalue weighted by Gasteiger charge is 2.28. The van der Waals surface area contributed by atoms with Gasteiger partial charge in [-0.3, -0.25) is 9.59 Å². The average molecular weight is 426 g/mol. The number of benzene rings is 1. The molecule has 0 radical (unpaired) electrons. The third-order valence-electron chi connectivity index (χ3n) is 4.97. The normalized spacial score (nSPS) is 14.4. The molecule has 1 aromatic carbocycles. The molecule has 2 heterocycles. The lowest BCUT2D eigenvalue weighted by atomic mass is 9.93. The molecule has 1 aliphatic rings. The number of amides is 2. The van der Waals surface area contributed by atoms with Gasteiger partial charge < -0.3 is 14.2 Å². The largest absolute Gasteiger partial charge is 0.459 e. The second kappa shape index (κ2) is 8.59. The minimum absolute atomic E-state index is 0.180. The Kier molecular flexibility index (Phi) is 5.72. The van der Waals surface area contributed by atoms with Crippen LogP contribution >= 0.6 is 11.6 Å². The summed E-state index contributed by atoms with van der Waals surface area (Å²) in [6.07, 6.45) is 3.62. The highest BCUT2D eigenvalue weighted by Crippen LogP contribution is 2.30. The van der Waals surface area contributed by atoms with E-state index in [1.165, 1.54) is 6.26 Å². The molecule has 0 aliphatic heterocycles. The maximum absolute atomic E-state index is 12.7. The Hall–Kier alpha value is -3.32.